The molecule has 2 rings (SSSR count). The molecular formula is C17H17NO2. The second-order valence-electron chi connectivity index (χ2n) is 4.72. The van der Waals surface area contributed by atoms with Crippen LogP contribution in [-0.2, 0) is 4.79 Å². The van der Waals surface area contributed by atoms with E-state index < -0.39 is 5.97 Å². The van der Waals surface area contributed by atoms with E-state index in [-0.39, 0.29) is 0 Å². The van der Waals surface area contributed by atoms with Crippen molar-refractivity contribution in [3.05, 3.63) is 65.7 Å². The number of anilines is 1. The molecule has 0 spiro atoms. The molecular weight excluding hydrogens is 250 g/mol. The van der Waals surface area contributed by atoms with Crippen LogP contribution in [0.2, 0.25) is 0 Å². The Bertz CT molecular complexity index is 613. The lowest BCUT2D eigenvalue weighted by Crippen LogP contribution is -2.08. The van der Waals surface area contributed by atoms with Crippen LogP contribution in [0.3, 0.4) is 0 Å². The van der Waals surface area contributed by atoms with E-state index in [0.29, 0.717) is 11.1 Å². The van der Waals surface area contributed by atoms with Crippen molar-refractivity contribution in [2.75, 3.05) is 19.0 Å². The minimum absolute atomic E-state index is 0.295. The van der Waals surface area contributed by atoms with Crippen molar-refractivity contribution in [3.8, 4) is 0 Å². The summed E-state index contributed by atoms with van der Waals surface area (Å²) in [5, 5.41) is 9.35. The average molecular weight is 267 g/mol. The fraction of sp³-hybridized carbons (Fsp3) is 0.118. The lowest BCUT2D eigenvalue weighted by molar-refractivity contribution is -0.130. The van der Waals surface area contributed by atoms with Crippen LogP contribution in [0.5, 0.6) is 0 Å². The van der Waals surface area contributed by atoms with Crippen molar-refractivity contribution < 1.29 is 9.90 Å². The summed E-state index contributed by atoms with van der Waals surface area (Å²) in [6.07, 6.45) is 1.69. The summed E-state index contributed by atoms with van der Waals surface area (Å²) in [4.78, 5) is 13.4. The Hall–Kier alpha value is -2.55. The number of benzene rings is 2. The highest BCUT2D eigenvalue weighted by Gasteiger charge is 2.09. The second kappa shape index (κ2) is 6.06. The highest BCUT2D eigenvalue weighted by Crippen LogP contribution is 2.20. The van der Waals surface area contributed by atoms with Crippen molar-refractivity contribution >= 4 is 23.3 Å². The average Bonchev–Trinajstić information content (AvgIpc) is 2.46. The molecule has 3 nitrogen and oxygen atoms in total. The third-order valence-corrected chi connectivity index (χ3v) is 3.04. The number of aliphatic carboxylic acids is 1. The summed E-state index contributed by atoms with van der Waals surface area (Å²) in [5.74, 6) is -0.923. The van der Waals surface area contributed by atoms with Gasteiger partial charge in [-0.05, 0) is 29.3 Å². The van der Waals surface area contributed by atoms with Crippen LogP contribution in [0.1, 0.15) is 11.1 Å². The Balaban J connectivity index is 2.37. The number of carbonyl (C=O) groups is 1. The van der Waals surface area contributed by atoms with Gasteiger partial charge in [0.1, 0.15) is 0 Å². The third kappa shape index (κ3) is 3.26. The SMILES string of the molecule is CN(C)c1ccc(C=C(C(=O)O)c2ccccc2)cc1. The van der Waals surface area contributed by atoms with Gasteiger partial charge in [0.2, 0.25) is 0 Å². The number of carboxylic acids is 1. The van der Waals surface area contributed by atoms with Crippen molar-refractivity contribution in [2.45, 2.75) is 0 Å². The fourth-order valence-corrected chi connectivity index (χ4v) is 1.92. The molecule has 0 saturated carbocycles. The maximum absolute atomic E-state index is 11.4. The molecule has 0 aliphatic carbocycles. The zero-order chi connectivity index (χ0) is 14.5. The maximum Gasteiger partial charge on any atom is 0.336 e. The molecule has 2 aromatic rings. The van der Waals surface area contributed by atoms with Gasteiger partial charge in [-0.15, -0.1) is 0 Å². The van der Waals surface area contributed by atoms with Gasteiger partial charge in [-0.3, -0.25) is 0 Å². The molecule has 3 heteroatoms. The zero-order valence-corrected chi connectivity index (χ0v) is 11.6. The van der Waals surface area contributed by atoms with Crippen LogP contribution >= 0.6 is 0 Å². The maximum atomic E-state index is 11.4. The summed E-state index contributed by atoms with van der Waals surface area (Å²) >= 11 is 0. The Morgan fingerprint density at radius 3 is 2.10 bits per heavy atom. The Morgan fingerprint density at radius 1 is 1.00 bits per heavy atom. The Kier molecular flexibility index (Phi) is 4.20. The molecule has 0 aliphatic rings. The van der Waals surface area contributed by atoms with Crippen molar-refractivity contribution in [1.29, 1.82) is 0 Å². The van der Waals surface area contributed by atoms with Crippen LogP contribution in [0, 0.1) is 0 Å². The van der Waals surface area contributed by atoms with E-state index in [4.69, 9.17) is 0 Å². The van der Waals surface area contributed by atoms with Gasteiger partial charge in [0.25, 0.3) is 0 Å². The lowest BCUT2D eigenvalue weighted by Gasteiger charge is -2.12. The molecule has 102 valence electrons. The summed E-state index contributed by atoms with van der Waals surface area (Å²) in [6.45, 7) is 0. The Labute approximate surface area is 118 Å². The quantitative estimate of drug-likeness (QED) is 0.682. The molecule has 0 amide bonds. The van der Waals surface area contributed by atoms with Gasteiger partial charge in [-0.1, -0.05) is 42.5 Å². The first kappa shape index (κ1) is 13.9. The summed E-state index contributed by atoms with van der Waals surface area (Å²) in [5.41, 5.74) is 2.95. The minimum atomic E-state index is -0.923. The standard InChI is InChI=1S/C17H17NO2/c1-18(2)15-10-8-13(9-11-15)12-16(17(19)20)14-6-4-3-5-7-14/h3-12H,1-2H3,(H,19,20). The zero-order valence-electron chi connectivity index (χ0n) is 11.6. The highest BCUT2D eigenvalue weighted by molar-refractivity contribution is 6.20. The van der Waals surface area contributed by atoms with E-state index in [2.05, 4.69) is 0 Å². The molecule has 20 heavy (non-hydrogen) atoms. The molecule has 0 atom stereocenters. The van der Waals surface area contributed by atoms with Gasteiger partial charge in [-0.2, -0.15) is 0 Å². The molecule has 0 saturated heterocycles. The van der Waals surface area contributed by atoms with Crippen LogP contribution in [0.15, 0.2) is 54.6 Å². The van der Waals surface area contributed by atoms with Crippen LogP contribution < -0.4 is 4.90 Å². The molecule has 0 heterocycles. The van der Waals surface area contributed by atoms with Crippen molar-refractivity contribution in [1.82, 2.24) is 0 Å². The molecule has 0 bridgehead atoms. The second-order valence-corrected chi connectivity index (χ2v) is 4.72. The first-order chi connectivity index (χ1) is 9.58. The summed E-state index contributed by atoms with van der Waals surface area (Å²) in [6, 6.07) is 16.9. The number of rotatable bonds is 4. The first-order valence-corrected chi connectivity index (χ1v) is 6.36. The number of carboxylic acid groups (broad SMARTS) is 1. The van der Waals surface area contributed by atoms with Gasteiger partial charge in [0.15, 0.2) is 0 Å². The normalized spacial score (nSPS) is 11.2. The fourth-order valence-electron chi connectivity index (χ4n) is 1.92. The first-order valence-electron chi connectivity index (χ1n) is 6.36. The highest BCUT2D eigenvalue weighted by atomic mass is 16.4. The van der Waals surface area contributed by atoms with Crippen LogP contribution in [0.25, 0.3) is 11.6 Å². The molecule has 0 aromatic heterocycles. The minimum Gasteiger partial charge on any atom is -0.478 e. The molecule has 2 aromatic carbocycles. The topological polar surface area (TPSA) is 40.5 Å². The summed E-state index contributed by atoms with van der Waals surface area (Å²) < 4.78 is 0. The van der Waals surface area contributed by atoms with E-state index in [1.807, 2.05) is 61.5 Å². The molecule has 0 aliphatic heterocycles. The lowest BCUT2D eigenvalue weighted by atomic mass is 10.0. The summed E-state index contributed by atoms with van der Waals surface area (Å²) in [7, 11) is 3.94. The van der Waals surface area contributed by atoms with Gasteiger partial charge < -0.3 is 10.0 Å². The van der Waals surface area contributed by atoms with Crippen molar-refractivity contribution in [2.24, 2.45) is 0 Å². The molecule has 0 unspecified atom stereocenters. The number of hydrogen-bond acceptors (Lipinski definition) is 2. The number of nitrogens with zero attached hydrogens (tertiary/aromatic N) is 1. The predicted octanol–water partition coefficient (Wildman–Crippen LogP) is 3.38. The smallest absolute Gasteiger partial charge is 0.336 e. The van der Waals surface area contributed by atoms with Crippen LogP contribution in [-0.4, -0.2) is 25.2 Å². The van der Waals surface area contributed by atoms with Gasteiger partial charge in [0, 0.05) is 19.8 Å². The van der Waals surface area contributed by atoms with E-state index in [0.717, 1.165) is 11.3 Å². The largest absolute Gasteiger partial charge is 0.478 e. The van der Waals surface area contributed by atoms with Gasteiger partial charge in [-0.25, -0.2) is 4.79 Å². The van der Waals surface area contributed by atoms with Crippen molar-refractivity contribution in [3.63, 3.8) is 0 Å². The van der Waals surface area contributed by atoms with E-state index in [1.54, 1.807) is 18.2 Å². The van der Waals surface area contributed by atoms with E-state index in [9.17, 15) is 9.90 Å². The van der Waals surface area contributed by atoms with E-state index in [1.165, 1.54) is 0 Å². The molecule has 1 N–H and O–H groups in total. The monoisotopic (exact) mass is 267 g/mol. The number of hydrogen-bond donors (Lipinski definition) is 1. The molecule has 0 fully saturated rings. The third-order valence-electron chi connectivity index (χ3n) is 3.04. The molecule has 0 radical (unpaired) electrons. The van der Waals surface area contributed by atoms with Gasteiger partial charge in [0.05, 0.1) is 5.57 Å². The van der Waals surface area contributed by atoms with E-state index >= 15 is 0 Å². The van der Waals surface area contributed by atoms with Crippen LogP contribution in [0.4, 0.5) is 5.69 Å². The van der Waals surface area contributed by atoms with Gasteiger partial charge >= 0.3 is 5.97 Å². The predicted molar refractivity (Wildman–Crippen MR) is 82.7 cm³/mol. The Morgan fingerprint density at radius 2 is 1.60 bits per heavy atom.